The highest BCUT2D eigenvalue weighted by Gasteiger charge is 2.71. The molecule has 1 aromatic rings. The molecule has 0 bridgehead atoms. The maximum absolute atomic E-state index is 12.7. The van der Waals surface area contributed by atoms with Gasteiger partial charge in [-0.1, -0.05) is 6.07 Å². The summed E-state index contributed by atoms with van der Waals surface area (Å²) in [4.78, 5) is 19.6. The van der Waals surface area contributed by atoms with Crippen molar-refractivity contribution in [2.24, 2.45) is 0 Å². The monoisotopic (exact) mass is 332 g/mol. The zero-order chi connectivity index (χ0) is 17.3. The minimum atomic E-state index is -6.17. The number of carbonyl (C=O) groups is 1. The highest BCUT2D eigenvalue weighted by atomic mass is 19.4. The van der Waals surface area contributed by atoms with Crippen molar-refractivity contribution >= 4 is 17.8 Å². The molecule has 0 unspecified atom stereocenters. The van der Waals surface area contributed by atoms with E-state index in [0.717, 1.165) is 0 Å². The number of alkyl halides is 6. The molecule has 0 heterocycles. The maximum atomic E-state index is 12.7. The number of carbonyl (C=O) groups excluding carboxylic acids is 1. The fourth-order valence-electron chi connectivity index (χ4n) is 1.58. The van der Waals surface area contributed by atoms with Crippen LogP contribution in [0.15, 0.2) is 18.2 Å². The maximum Gasteiger partial charge on any atom is 0.430 e. The Kier molecular flexibility index (Phi) is 4.37. The van der Waals surface area contributed by atoms with Crippen LogP contribution in [0.1, 0.15) is 5.56 Å². The van der Waals surface area contributed by atoms with Gasteiger partial charge in [0.05, 0.1) is 4.92 Å². The lowest BCUT2D eigenvalue weighted by atomic mass is 9.91. The van der Waals surface area contributed by atoms with Crippen LogP contribution in [-0.2, 0) is 10.4 Å². The van der Waals surface area contributed by atoms with Gasteiger partial charge in [0.15, 0.2) is 0 Å². The highest BCUT2D eigenvalue weighted by molar-refractivity contribution is 5.78. The first-order valence-corrected chi connectivity index (χ1v) is 5.21. The van der Waals surface area contributed by atoms with E-state index >= 15 is 0 Å². The van der Waals surface area contributed by atoms with Gasteiger partial charge in [-0.3, -0.25) is 14.9 Å². The fraction of sp³-hybridized carbons (Fsp3) is 0.300. The molecule has 22 heavy (non-hydrogen) atoms. The van der Waals surface area contributed by atoms with Crippen LogP contribution in [0.25, 0.3) is 0 Å². The van der Waals surface area contributed by atoms with E-state index < -0.39 is 39.8 Å². The van der Waals surface area contributed by atoms with Gasteiger partial charge in [0, 0.05) is 11.6 Å². The number of amides is 1. The van der Waals surface area contributed by atoms with Crippen molar-refractivity contribution < 1.29 is 41.2 Å². The van der Waals surface area contributed by atoms with Gasteiger partial charge in [0.2, 0.25) is 6.41 Å². The van der Waals surface area contributed by atoms with Crippen molar-refractivity contribution in [3.63, 3.8) is 0 Å². The van der Waals surface area contributed by atoms with Crippen LogP contribution in [0, 0.1) is 10.1 Å². The van der Waals surface area contributed by atoms with Gasteiger partial charge in [-0.05, 0) is 6.07 Å². The van der Waals surface area contributed by atoms with Crippen LogP contribution in [-0.4, -0.2) is 28.8 Å². The second-order valence-corrected chi connectivity index (χ2v) is 3.96. The first-order valence-electron chi connectivity index (χ1n) is 5.21. The van der Waals surface area contributed by atoms with Crippen molar-refractivity contribution in [3.8, 4) is 0 Å². The summed E-state index contributed by atoms with van der Waals surface area (Å²) in [5, 5.41) is 21.5. The normalized spacial score (nSPS) is 12.9. The van der Waals surface area contributed by atoms with Gasteiger partial charge in [-0.25, -0.2) is 0 Å². The number of halogens is 6. The lowest BCUT2D eigenvalue weighted by Gasteiger charge is -2.32. The number of nitro benzene ring substituents is 1. The van der Waals surface area contributed by atoms with E-state index in [-0.39, 0.29) is 18.5 Å². The third-order valence-corrected chi connectivity index (χ3v) is 2.65. The van der Waals surface area contributed by atoms with Crippen LogP contribution in [0.2, 0.25) is 0 Å². The molecule has 6 nitrogen and oxygen atoms in total. The summed E-state index contributed by atoms with van der Waals surface area (Å²) in [5.74, 6) is 0. The van der Waals surface area contributed by atoms with E-state index in [1.165, 1.54) is 0 Å². The standard InChI is InChI=1S/C10H6F6N2O4/c11-9(12,13)8(20,10(14,15)16)5-1-2-6(17-4-19)7(3-5)18(21)22/h1-4,20H,(H,17,19). The number of hydrogen-bond donors (Lipinski definition) is 2. The Morgan fingerprint density at radius 2 is 1.64 bits per heavy atom. The van der Waals surface area contributed by atoms with Crippen LogP contribution >= 0.6 is 0 Å². The summed E-state index contributed by atoms with van der Waals surface area (Å²) in [5.41, 5.74) is -8.95. The average molecular weight is 332 g/mol. The Labute approximate surface area is 117 Å². The summed E-state index contributed by atoms with van der Waals surface area (Å²) in [7, 11) is 0. The van der Waals surface area contributed by atoms with E-state index in [9.17, 15) is 41.3 Å². The van der Waals surface area contributed by atoms with Crippen molar-refractivity contribution in [2.45, 2.75) is 18.0 Å². The molecular formula is C10H6F6N2O4. The van der Waals surface area contributed by atoms with E-state index in [4.69, 9.17) is 5.11 Å². The number of nitrogens with zero attached hydrogens (tertiary/aromatic N) is 1. The van der Waals surface area contributed by atoms with Gasteiger partial charge in [-0.15, -0.1) is 0 Å². The number of benzene rings is 1. The Hall–Kier alpha value is -2.37. The Morgan fingerprint density at radius 1 is 1.14 bits per heavy atom. The smallest absolute Gasteiger partial charge is 0.369 e. The molecule has 0 fully saturated rings. The van der Waals surface area contributed by atoms with Crippen molar-refractivity contribution in [2.75, 3.05) is 5.32 Å². The van der Waals surface area contributed by atoms with Gasteiger partial charge in [-0.2, -0.15) is 26.3 Å². The molecule has 1 amide bonds. The molecule has 1 aromatic carbocycles. The molecule has 0 saturated heterocycles. The second kappa shape index (κ2) is 5.44. The third-order valence-electron chi connectivity index (χ3n) is 2.65. The lowest BCUT2D eigenvalue weighted by Crippen LogP contribution is -2.53. The molecule has 0 atom stereocenters. The molecule has 2 N–H and O–H groups in total. The zero-order valence-corrected chi connectivity index (χ0v) is 10.2. The molecular weight excluding hydrogens is 326 g/mol. The molecule has 0 spiro atoms. The molecule has 1 rings (SSSR count). The Bertz CT molecular complexity index is 584. The fourth-order valence-corrected chi connectivity index (χ4v) is 1.58. The molecule has 0 aromatic heterocycles. The second-order valence-electron chi connectivity index (χ2n) is 3.96. The van der Waals surface area contributed by atoms with E-state index in [2.05, 4.69) is 0 Å². The quantitative estimate of drug-likeness (QED) is 0.383. The highest BCUT2D eigenvalue weighted by Crippen LogP contribution is 2.50. The number of nitro groups is 1. The summed E-state index contributed by atoms with van der Waals surface area (Å²) in [6.45, 7) is 0. The van der Waals surface area contributed by atoms with Crippen LogP contribution in [0.5, 0.6) is 0 Å². The summed E-state index contributed by atoms with van der Waals surface area (Å²) >= 11 is 0. The minimum absolute atomic E-state index is 0.0538. The molecule has 0 aliphatic carbocycles. The number of nitrogens with one attached hydrogen (secondary N) is 1. The average Bonchev–Trinajstić information content (AvgIpc) is 2.35. The Balaban J connectivity index is 3.62. The molecule has 122 valence electrons. The van der Waals surface area contributed by atoms with Gasteiger partial charge in [0.25, 0.3) is 11.3 Å². The van der Waals surface area contributed by atoms with Gasteiger partial charge < -0.3 is 10.4 Å². The summed E-state index contributed by atoms with van der Waals surface area (Å²) in [6.07, 6.45) is -12.4. The molecule has 12 heteroatoms. The van der Waals surface area contributed by atoms with Crippen LogP contribution in [0.3, 0.4) is 0 Å². The molecule has 0 radical (unpaired) electrons. The first kappa shape index (κ1) is 17.7. The summed E-state index contributed by atoms with van der Waals surface area (Å²) in [6, 6.07) is 0.525. The zero-order valence-electron chi connectivity index (χ0n) is 10.2. The SMILES string of the molecule is O=CNc1ccc(C(O)(C(F)(F)F)C(F)(F)F)cc1[N+](=O)[O-]. The predicted octanol–water partition coefficient (Wildman–Crippen LogP) is 2.48. The number of rotatable bonds is 4. The molecule has 0 saturated carbocycles. The first-order chi connectivity index (χ1) is 9.86. The van der Waals surface area contributed by atoms with Crippen LogP contribution < -0.4 is 5.32 Å². The predicted molar refractivity (Wildman–Crippen MR) is 58.8 cm³/mol. The number of hydrogen-bond acceptors (Lipinski definition) is 4. The van der Waals surface area contributed by atoms with Gasteiger partial charge in [0.1, 0.15) is 5.69 Å². The van der Waals surface area contributed by atoms with E-state index in [0.29, 0.717) is 6.07 Å². The topological polar surface area (TPSA) is 92.5 Å². The third kappa shape index (κ3) is 2.81. The van der Waals surface area contributed by atoms with E-state index in [1.54, 1.807) is 5.32 Å². The van der Waals surface area contributed by atoms with Gasteiger partial charge >= 0.3 is 12.4 Å². The Morgan fingerprint density at radius 3 is 2.00 bits per heavy atom. The lowest BCUT2D eigenvalue weighted by molar-refractivity contribution is -0.386. The number of anilines is 1. The summed E-state index contributed by atoms with van der Waals surface area (Å²) < 4.78 is 75.9. The molecule has 0 aliphatic rings. The van der Waals surface area contributed by atoms with Crippen molar-refractivity contribution in [3.05, 3.63) is 33.9 Å². The largest absolute Gasteiger partial charge is 0.430 e. The van der Waals surface area contributed by atoms with Crippen LogP contribution in [0.4, 0.5) is 37.7 Å². The van der Waals surface area contributed by atoms with Crippen molar-refractivity contribution in [1.29, 1.82) is 0 Å². The van der Waals surface area contributed by atoms with E-state index in [1.807, 2.05) is 0 Å². The van der Waals surface area contributed by atoms with Crippen molar-refractivity contribution in [1.82, 2.24) is 0 Å². The molecule has 0 aliphatic heterocycles. The minimum Gasteiger partial charge on any atom is -0.369 e. The number of aliphatic hydroxyl groups is 1.